The second-order valence-electron chi connectivity index (χ2n) is 6.01. The number of hydrogen-bond acceptors (Lipinski definition) is 4. The number of H-pyrrole nitrogens is 1. The Morgan fingerprint density at radius 1 is 1.27 bits per heavy atom. The number of ether oxygens (including phenoxy) is 1. The molecule has 0 bridgehead atoms. The third kappa shape index (κ3) is 2.40. The van der Waals surface area contributed by atoms with E-state index in [2.05, 4.69) is 20.3 Å². The smallest absolute Gasteiger partial charge is 0.251 e. The maximum absolute atomic E-state index is 12.3. The zero-order valence-corrected chi connectivity index (χ0v) is 14.8. The van der Waals surface area contributed by atoms with E-state index in [0.29, 0.717) is 23.6 Å². The van der Waals surface area contributed by atoms with Crippen molar-refractivity contribution in [2.45, 2.75) is 6.92 Å². The minimum absolute atomic E-state index is 0.0943. The Morgan fingerprint density at radius 2 is 2.08 bits per heavy atom. The van der Waals surface area contributed by atoms with E-state index in [4.69, 9.17) is 4.74 Å². The Balaban J connectivity index is 1.99. The summed E-state index contributed by atoms with van der Waals surface area (Å²) in [6.07, 6.45) is 3.31. The van der Waals surface area contributed by atoms with Gasteiger partial charge in [0.25, 0.3) is 5.91 Å². The van der Waals surface area contributed by atoms with Crippen molar-refractivity contribution >= 4 is 28.0 Å². The molecule has 7 nitrogen and oxygen atoms in total. The normalized spacial score (nSPS) is 11.2. The summed E-state index contributed by atoms with van der Waals surface area (Å²) in [6, 6.07) is 7.60. The van der Waals surface area contributed by atoms with E-state index in [-0.39, 0.29) is 5.91 Å². The molecule has 0 radical (unpaired) electrons. The van der Waals surface area contributed by atoms with E-state index in [9.17, 15) is 4.79 Å². The summed E-state index contributed by atoms with van der Waals surface area (Å²) in [5.74, 6) is 0.614. The van der Waals surface area contributed by atoms with Crippen LogP contribution in [0.15, 0.2) is 36.7 Å². The highest BCUT2D eigenvalue weighted by atomic mass is 16.5. The van der Waals surface area contributed by atoms with Gasteiger partial charge in [0.2, 0.25) is 5.88 Å². The van der Waals surface area contributed by atoms with E-state index in [0.717, 1.165) is 27.7 Å². The van der Waals surface area contributed by atoms with Crippen molar-refractivity contribution < 1.29 is 9.53 Å². The Morgan fingerprint density at radius 3 is 2.81 bits per heavy atom. The van der Waals surface area contributed by atoms with Gasteiger partial charge in [-0.3, -0.25) is 9.78 Å². The molecule has 0 unspecified atom stereocenters. The number of methoxy groups -OCH3 is 1. The number of aryl methyl sites for hydroxylation is 1. The number of nitrogens with one attached hydrogen (secondary N) is 2. The Hall–Kier alpha value is -3.35. The fraction of sp³-hybridized carbons (Fsp3) is 0.211. The summed E-state index contributed by atoms with van der Waals surface area (Å²) in [5, 5.41) is 3.77. The van der Waals surface area contributed by atoms with Gasteiger partial charge in [-0.1, -0.05) is 0 Å². The molecule has 0 spiro atoms. The topological polar surface area (TPSA) is 84.8 Å². The predicted octanol–water partition coefficient (Wildman–Crippen LogP) is 2.87. The molecule has 3 heterocycles. The summed E-state index contributed by atoms with van der Waals surface area (Å²) >= 11 is 0. The second-order valence-corrected chi connectivity index (χ2v) is 6.01. The Kier molecular flexibility index (Phi) is 3.84. The largest absolute Gasteiger partial charge is 0.482 e. The highest BCUT2D eigenvalue weighted by molar-refractivity contribution is 6.05. The summed E-state index contributed by atoms with van der Waals surface area (Å²) in [4.78, 5) is 24.2. The van der Waals surface area contributed by atoms with E-state index >= 15 is 0 Å². The van der Waals surface area contributed by atoms with Crippen molar-refractivity contribution in [3.05, 3.63) is 42.2 Å². The van der Waals surface area contributed by atoms with Crippen LogP contribution in [-0.2, 0) is 7.05 Å². The maximum atomic E-state index is 12.3. The molecular weight excluding hydrogens is 330 g/mol. The lowest BCUT2D eigenvalue weighted by molar-refractivity contribution is 0.0956. The van der Waals surface area contributed by atoms with Crippen LogP contribution in [-0.4, -0.2) is 39.1 Å². The first-order valence-electron chi connectivity index (χ1n) is 8.38. The molecule has 4 aromatic rings. The van der Waals surface area contributed by atoms with E-state index in [1.54, 1.807) is 19.5 Å². The molecule has 7 heteroatoms. The lowest BCUT2D eigenvalue weighted by Gasteiger charge is -2.04. The van der Waals surface area contributed by atoms with E-state index in [1.807, 2.05) is 42.8 Å². The molecule has 0 atom stereocenters. The number of aromatic amines is 1. The molecule has 1 aromatic carbocycles. The van der Waals surface area contributed by atoms with Crippen molar-refractivity contribution in [2.75, 3.05) is 13.7 Å². The first-order valence-corrected chi connectivity index (χ1v) is 8.38. The van der Waals surface area contributed by atoms with Gasteiger partial charge in [-0.25, -0.2) is 4.98 Å². The third-order valence-electron chi connectivity index (χ3n) is 4.47. The lowest BCUT2D eigenvalue weighted by Crippen LogP contribution is -2.22. The fourth-order valence-corrected chi connectivity index (χ4v) is 3.31. The SMILES string of the molecule is CCNC(=O)c1ccc2c(c1)c(-c1cc3nccnc3[nH]1)c(OC)n2C. The Bertz CT molecular complexity index is 1090. The van der Waals surface area contributed by atoms with Crippen molar-refractivity contribution in [1.29, 1.82) is 0 Å². The molecule has 4 rings (SSSR count). The summed E-state index contributed by atoms with van der Waals surface area (Å²) in [5.41, 5.74) is 4.81. The molecule has 1 amide bonds. The molecule has 3 aromatic heterocycles. The minimum Gasteiger partial charge on any atom is -0.482 e. The molecule has 132 valence electrons. The number of rotatable bonds is 4. The van der Waals surface area contributed by atoms with Crippen LogP contribution in [0, 0.1) is 0 Å². The van der Waals surface area contributed by atoms with Gasteiger partial charge in [0.1, 0.15) is 5.52 Å². The van der Waals surface area contributed by atoms with Crippen molar-refractivity contribution in [1.82, 2.24) is 24.8 Å². The average Bonchev–Trinajstić information content (AvgIpc) is 3.20. The van der Waals surface area contributed by atoms with Gasteiger partial charge >= 0.3 is 0 Å². The number of fused-ring (bicyclic) bond motifs is 2. The quantitative estimate of drug-likeness (QED) is 0.593. The van der Waals surface area contributed by atoms with Gasteiger partial charge in [0.05, 0.1) is 23.9 Å². The third-order valence-corrected chi connectivity index (χ3v) is 4.47. The lowest BCUT2D eigenvalue weighted by atomic mass is 10.1. The molecule has 0 saturated heterocycles. The summed E-state index contributed by atoms with van der Waals surface area (Å²) in [6.45, 7) is 2.49. The standard InChI is InChI=1S/C19H19N5O2/c1-4-20-18(25)11-5-6-15-12(9-11)16(19(26-3)24(15)2)13-10-14-17(23-13)22-8-7-21-14/h5-10H,4H2,1-3H3,(H,20,25)(H,22,23). The molecule has 0 fully saturated rings. The molecular formula is C19H19N5O2. The van der Waals surface area contributed by atoms with Gasteiger partial charge in [0, 0.05) is 36.9 Å². The van der Waals surface area contributed by atoms with Gasteiger partial charge in [-0.05, 0) is 31.2 Å². The van der Waals surface area contributed by atoms with E-state index in [1.165, 1.54) is 0 Å². The molecule has 0 aliphatic heterocycles. The monoisotopic (exact) mass is 349 g/mol. The predicted molar refractivity (Wildman–Crippen MR) is 100 cm³/mol. The molecule has 0 aliphatic carbocycles. The summed E-state index contributed by atoms with van der Waals surface area (Å²) in [7, 11) is 3.58. The minimum atomic E-state index is -0.0943. The van der Waals surface area contributed by atoms with Gasteiger partial charge < -0.3 is 19.6 Å². The first-order chi connectivity index (χ1) is 12.6. The number of aromatic nitrogens is 4. The van der Waals surface area contributed by atoms with Crippen LogP contribution in [0.1, 0.15) is 17.3 Å². The highest BCUT2D eigenvalue weighted by Crippen LogP contribution is 2.40. The molecule has 0 aliphatic rings. The van der Waals surface area contributed by atoms with Crippen LogP contribution in [0.3, 0.4) is 0 Å². The van der Waals surface area contributed by atoms with Crippen LogP contribution >= 0.6 is 0 Å². The number of hydrogen-bond donors (Lipinski definition) is 2. The average molecular weight is 349 g/mol. The molecule has 0 saturated carbocycles. The van der Waals surface area contributed by atoms with Crippen molar-refractivity contribution in [3.63, 3.8) is 0 Å². The van der Waals surface area contributed by atoms with Crippen molar-refractivity contribution in [3.8, 4) is 17.1 Å². The van der Waals surface area contributed by atoms with E-state index < -0.39 is 0 Å². The van der Waals surface area contributed by atoms with Crippen molar-refractivity contribution in [2.24, 2.45) is 7.05 Å². The number of carbonyl (C=O) groups excluding carboxylic acids is 1. The fourth-order valence-electron chi connectivity index (χ4n) is 3.31. The van der Waals surface area contributed by atoms with Gasteiger partial charge in [0.15, 0.2) is 5.65 Å². The molecule has 26 heavy (non-hydrogen) atoms. The number of amides is 1. The van der Waals surface area contributed by atoms with Gasteiger partial charge in [-0.15, -0.1) is 0 Å². The number of nitrogens with zero attached hydrogens (tertiary/aromatic N) is 3. The first kappa shape index (κ1) is 16.1. The summed E-state index contributed by atoms with van der Waals surface area (Å²) < 4.78 is 7.63. The second kappa shape index (κ2) is 6.18. The maximum Gasteiger partial charge on any atom is 0.251 e. The van der Waals surface area contributed by atoms with Crippen LogP contribution in [0.2, 0.25) is 0 Å². The number of benzene rings is 1. The molecule has 2 N–H and O–H groups in total. The Labute approximate surface area is 150 Å². The van der Waals surface area contributed by atoms with Crippen LogP contribution in [0.4, 0.5) is 0 Å². The van der Waals surface area contributed by atoms with Crippen LogP contribution < -0.4 is 10.1 Å². The number of carbonyl (C=O) groups is 1. The van der Waals surface area contributed by atoms with Crippen LogP contribution in [0.25, 0.3) is 33.3 Å². The van der Waals surface area contributed by atoms with Crippen LogP contribution in [0.5, 0.6) is 5.88 Å². The zero-order valence-electron chi connectivity index (χ0n) is 14.8. The van der Waals surface area contributed by atoms with Gasteiger partial charge in [-0.2, -0.15) is 0 Å². The zero-order chi connectivity index (χ0) is 18.3. The highest BCUT2D eigenvalue weighted by Gasteiger charge is 2.21.